The van der Waals surface area contributed by atoms with Crippen molar-refractivity contribution in [3.8, 4) is 11.5 Å². The average Bonchev–Trinajstić information content (AvgIpc) is 3.36. The second-order valence-corrected chi connectivity index (χ2v) is 7.47. The van der Waals surface area contributed by atoms with E-state index in [1.165, 1.54) is 19.1 Å². The monoisotopic (exact) mass is 443 g/mol. The van der Waals surface area contributed by atoms with E-state index in [-0.39, 0.29) is 22.9 Å². The molecule has 1 saturated heterocycles. The van der Waals surface area contributed by atoms with Crippen molar-refractivity contribution in [2.24, 2.45) is 0 Å². The Morgan fingerprint density at radius 1 is 1.09 bits per heavy atom. The number of alkyl halides is 2. The molecule has 0 unspecified atom stereocenters. The van der Waals surface area contributed by atoms with E-state index in [0.29, 0.717) is 5.58 Å². The van der Waals surface area contributed by atoms with Crippen LogP contribution in [0.25, 0.3) is 11.0 Å². The van der Waals surface area contributed by atoms with E-state index in [2.05, 4.69) is 20.1 Å². The molecule has 0 radical (unpaired) electrons. The molecule has 3 aromatic rings. The van der Waals surface area contributed by atoms with Crippen molar-refractivity contribution in [2.75, 3.05) is 11.9 Å². The summed E-state index contributed by atoms with van der Waals surface area (Å²) in [5.74, 6) is -1.57. The van der Waals surface area contributed by atoms with Crippen LogP contribution in [-0.2, 0) is 15.1 Å². The van der Waals surface area contributed by atoms with E-state index >= 15 is 0 Å². The van der Waals surface area contributed by atoms with Crippen molar-refractivity contribution in [2.45, 2.75) is 18.8 Å². The maximum atomic E-state index is 13.1. The molecule has 164 valence electrons. The van der Waals surface area contributed by atoms with Crippen LogP contribution >= 0.6 is 0 Å². The number of para-hydroxylation sites is 1. The molecule has 32 heavy (non-hydrogen) atoms. The van der Waals surface area contributed by atoms with Gasteiger partial charge in [-0.1, -0.05) is 18.2 Å². The van der Waals surface area contributed by atoms with Crippen molar-refractivity contribution >= 4 is 34.5 Å². The number of furan rings is 1. The molecular weight excluding hydrogens is 428 g/mol. The van der Waals surface area contributed by atoms with Crippen LogP contribution in [0.15, 0.2) is 52.9 Å². The van der Waals surface area contributed by atoms with E-state index in [1.807, 2.05) is 6.07 Å². The number of benzene rings is 2. The Kier molecular flexibility index (Phi) is 4.13. The van der Waals surface area contributed by atoms with Crippen LogP contribution in [-0.4, -0.2) is 35.6 Å². The van der Waals surface area contributed by atoms with Crippen molar-refractivity contribution in [3.05, 3.63) is 54.3 Å². The molecule has 1 fully saturated rings. The number of hydrogen-bond acceptors (Lipinski definition) is 6. The highest BCUT2D eigenvalue weighted by Crippen LogP contribution is 2.42. The number of nitrogens with one attached hydrogen (secondary N) is 2. The van der Waals surface area contributed by atoms with E-state index in [1.54, 1.807) is 24.3 Å². The first-order chi connectivity index (χ1) is 15.1. The molecule has 11 heteroatoms. The summed E-state index contributed by atoms with van der Waals surface area (Å²) in [7, 11) is 0. The molecule has 1 aromatic heterocycles. The third kappa shape index (κ3) is 3.18. The average molecular weight is 443 g/mol. The Hall–Kier alpha value is -4.15. The lowest BCUT2D eigenvalue weighted by molar-refractivity contribution is -0.286. The molecular formula is C21H15F2N3O6. The van der Waals surface area contributed by atoms with E-state index in [9.17, 15) is 23.2 Å². The molecule has 2 N–H and O–H groups in total. The lowest BCUT2D eigenvalue weighted by atomic mass is 9.99. The summed E-state index contributed by atoms with van der Waals surface area (Å²) in [6.45, 7) is 0.895. The maximum absolute atomic E-state index is 13.1. The van der Waals surface area contributed by atoms with Crippen LogP contribution in [0.1, 0.15) is 12.7 Å². The minimum atomic E-state index is -3.79. The van der Waals surface area contributed by atoms with Gasteiger partial charge in [0.15, 0.2) is 17.0 Å². The number of carbonyl (C=O) groups is 3. The van der Waals surface area contributed by atoms with Gasteiger partial charge in [-0.05, 0) is 31.2 Å². The van der Waals surface area contributed by atoms with Gasteiger partial charge in [-0.25, -0.2) is 4.79 Å². The zero-order valence-electron chi connectivity index (χ0n) is 16.5. The largest absolute Gasteiger partial charge is 0.586 e. The number of hydrogen-bond donors (Lipinski definition) is 2. The van der Waals surface area contributed by atoms with Gasteiger partial charge in [0.1, 0.15) is 17.9 Å². The maximum Gasteiger partial charge on any atom is 0.586 e. The predicted molar refractivity (Wildman–Crippen MR) is 105 cm³/mol. The standard InChI is InChI=1S/C21H15F2N3O6/c1-20(16-8-11-4-2-3-5-13(11)30-16)18(28)26(19(29)25-20)10-17(27)24-12-6-7-14-15(9-12)32-21(22,23)31-14/h2-9H,10H2,1H3,(H,24,27)(H,25,29)/t20-/m0/s1. The number of halogens is 2. The second-order valence-electron chi connectivity index (χ2n) is 7.47. The van der Waals surface area contributed by atoms with Gasteiger partial charge >= 0.3 is 12.3 Å². The van der Waals surface area contributed by atoms with E-state index in [4.69, 9.17) is 4.42 Å². The van der Waals surface area contributed by atoms with Crippen molar-refractivity contribution < 1.29 is 37.1 Å². The minimum absolute atomic E-state index is 0.127. The van der Waals surface area contributed by atoms with Gasteiger partial charge in [0.2, 0.25) is 5.91 Å². The Morgan fingerprint density at radius 3 is 2.62 bits per heavy atom. The number of urea groups is 1. The summed E-state index contributed by atoms with van der Waals surface area (Å²) < 4.78 is 40.6. The van der Waals surface area contributed by atoms with Crippen molar-refractivity contribution in [3.63, 3.8) is 0 Å². The minimum Gasteiger partial charge on any atom is -0.458 e. The van der Waals surface area contributed by atoms with Gasteiger partial charge in [-0.3, -0.25) is 14.5 Å². The molecule has 5 rings (SSSR count). The number of rotatable bonds is 4. The summed E-state index contributed by atoms with van der Waals surface area (Å²) in [6, 6.07) is 11.7. The highest BCUT2D eigenvalue weighted by atomic mass is 19.3. The highest BCUT2D eigenvalue weighted by molar-refractivity contribution is 6.10. The summed E-state index contributed by atoms with van der Waals surface area (Å²) in [4.78, 5) is 38.7. The van der Waals surface area contributed by atoms with Crippen molar-refractivity contribution in [1.82, 2.24) is 10.2 Å². The zero-order chi connectivity index (χ0) is 22.7. The number of imide groups is 1. The van der Waals surface area contributed by atoms with Gasteiger partial charge in [0.05, 0.1) is 0 Å². The Balaban J connectivity index is 1.31. The predicted octanol–water partition coefficient (Wildman–Crippen LogP) is 3.16. The summed E-state index contributed by atoms with van der Waals surface area (Å²) in [5.41, 5.74) is -0.807. The van der Waals surface area contributed by atoms with Crippen LogP contribution in [0.3, 0.4) is 0 Å². The summed E-state index contributed by atoms with van der Waals surface area (Å²) in [6.07, 6.45) is -3.79. The van der Waals surface area contributed by atoms with Gasteiger partial charge in [-0.2, -0.15) is 0 Å². The Morgan fingerprint density at radius 2 is 1.84 bits per heavy atom. The third-order valence-electron chi connectivity index (χ3n) is 5.18. The number of nitrogens with zero attached hydrogens (tertiary/aromatic N) is 1. The fourth-order valence-electron chi connectivity index (χ4n) is 3.61. The molecule has 1 atom stereocenters. The quantitative estimate of drug-likeness (QED) is 0.600. The molecule has 0 bridgehead atoms. The fraction of sp³-hybridized carbons (Fsp3) is 0.190. The van der Waals surface area contributed by atoms with Gasteiger partial charge in [0.25, 0.3) is 5.91 Å². The van der Waals surface area contributed by atoms with Gasteiger partial charge in [-0.15, -0.1) is 8.78 Å². The number of amides is 4. The van der Waals surface area contributed by atoms with Crippen LogP contribution < -0.4 is 20.1 Å². The van der Waals surface area contributed by atoms with Crippen molar-refractivity contribution in [1.29, 1.82) is 0 Å². The fourth-order valence-corrected chi connectivity index (χ4v) is 3.61. The van der Waals surface area contributed by atoms with Crippen LogP contribution in [0.4, 0.5) is 19.3 Å². The molecule has 2 aliphatic rings. The number of anilines is 1. The summed E-state index contributed by atoms with van der Waals surface area (Å²) >= 11 is 0. The third-order valence-corrected chi connectivity index (χ3v) is 5.18. The molecule has 2 aromatic carbocycles. The molecule has 9 nitrogen and oxygen atoms in total. The van der Waals surface area contributed by atoms with Crippen LogP contribution in [0.5, 0.6) is 11.5 Å². The van der Waals surface area contributed by atoms with Gasteiger partial charge in [0, 0.05) is 17.1 Å². The first kappa shape index (κ1) is 19.8. The lowest BCUT2D eigenvalue weighted by Gasteiger charge is -2.18. The lowest BCUT2D eigenvalue weighted by Crippen LogP contribution is -2.41. The second kappa shape index (κ2) is 6.67. The molecule has 0 spiro atoms. The smallest absolute Gasteiger partial charge is 0.458 e. The SMILES string of the molecule is C[C@@]1(c2cc3ccccc3o2)NC(=O)N(CC(=O)Nc2ccc3c(c2)OC(F)(F)O3)C1=O. The topological polar surface area (TPSA) is 110 Å². The first-order valence-electron chi connectivity index (χ1n) is 9.47. The highest BCUT2D eigenvalue weighted by Gasteiger charge is 2.51. The van der Waals surface area contributed by atoms with Crippen LogP contribution in [0, 0.1) is 0 Å². The normalized spacial score (nSPS) is 21.2. The number of fused-ring (bicyclic) bond motifs is 2. The van der Waals surface area contributed by atoms with Crippen LogP contribution in [0.2, 0.25) is 0 Å². The Labute approximate surface area is 178 Å². The van der Waals surface area contributed by atoms with Gasteiger partial charge < -0.3 is 24.5 Å². The van der Waals surface area contributed by atoms with E-state index < -0.39 is 36.2 Å². The number of carbonyl (C=O) groups excluding carboxylic acids is 3. The number of ether oxygens (including phenoxy) is 2. The molecule has 3 heterocycles. The molecule has 0 aliphatic carbocycles. The molecule has 0 saturated carbocycles. The summed E-state index contributed by atoms with van der Waals surface area (Å²) in [5, 5.41) is 5.76. The first-order valence-corrected chi connectivity index (χ1v) is 9.47. The molecule has 4 amide bonds. The molecule has 2 aliphatic heterocycles. The zero-order valence-corrected chi connectivity index (χ0v) is 16.5. The van der Waals surface area contributed by atoms with E-state index in [0.717, 1.165) is 16.4 Å². The Bertz CT molecular complexity index is 1260.